The van der Waals surface area contributed by atoms with Crippen LogP contribution in [-0.2, 0) is 6.42 Å². The SMILES string of the molecule is CCCC(Cc1ccccc1)C(N)(CCC)CCC.Cl. The van der Waals surface area contributed by atoms with Crippen LogP contribution in [0.4, 0.5) is 0 Å². The van der Waals surface area contributed by atoms with E-state index in [1.54, 1.807) is 0 Å². The summed E-state index contributed by atoms with van der Waals surface area (Å²) in [5, 5.41) is 0. The molecule has 0 spiro atoms. The third kappa shape index (κ3) is 5.85. The van der Waals surface area contributed by atoms with Crippen LogP contribution < -0.4 is 5.73 Å². The van der Waals surface area contributed by atoms with Gasteiger partial charge in [0.15, 0.2) is 0 Å². The second kappa shape index (κ2) is 10.2. The van der Waals surface area contributed by atoms with E-state index in [1.165, 1.54) is 31.2 Å². The van der Waals surface area contributed by atoms with Crippen molar-refractivity contribution in [2.24, 2.45) is 11.7 Å². The maximum absolute atomic E-state index is 6.80. The highest BCUT2D eigenvalue weighted by atomic mass is 35.5. The van der Waals surface area contributed by atoms with Crippen molar-refractivity contribution < 1.29 is 0 Å². The Labute approximate surface area is 131 Å². The van der Waals surface area contributed by atoms with Crippen LogP contribution in [0, 0.1) is 5.92 Å². The highest BCUT2D eigenvalue weighted by Gasteiger charge is 2.32. The topological polar surface area (TPSA) is 26.0 Å². The first kappa shape index (κ1) is 19.5. The first-order valence-electron chi connectivity index (χ1n) is 7.99. The Hall–Kier alpha value is -0.530. The summed E-state index contributed by atoms with van der Waals surface area (Å²) in [6.07, 6.45) is 8.27. The maximum Gasteiger partial charge on any atom is 0.0185 e. The Balaban J connectivity index is 0.00000361. The number of hydrogen-bond donors (Lipinski definition) is 1. The van der Waals surface area contributed by atoms with E-state index in [0.29, 0.717) is 5.92 Å². The van der Waals surface area contributed by atoms with E-state index >= 15 is 0 Å². The van der Waals surface area contributed by atoms with Crippen molar-refractivity contribution in [3.05, 3.63) is 35.9 Å². The molecule has 116 valence electrons. The third-order valence-electron chi connectivity index (χ3n) is 4.21. The molecule has 1 nitrogen and oxygen atoms in total. The van der Waals surface area contributed by atoms with Crippen LogP contribution in [0.5, 0.6) is 0 Å². The predicted octanol–water partition coefficient (Wildman–Crippen LogP) is 5.36. The molecular formula is C18H32ClN. The number of nitrogens with two attached hydrogens (primary N) is 1. The lowest BCUT2D eigenvalue weighted by Gasteiger charge is -2.38. The summed E-state index contributed by atoms with van der Waals surface area (Å²) in [6, 6.07) is 10.8. The minimum atomic E-state index is 0. The number of benzene rings is 1. The summed E-state index contributed by atoms with van der Waals surface area (Å²) < 4.78 is 0. The molecule has 2 heteroatoms. The molecule has 0 aliphatic heterocycles. The van der Waals surface area contributed by atoms with Crippen LogP contribution in [0.15, 0.2) is 30.3 Å². The first-order valence-corrected chi connectivity index (χ1v) is 7.99. The van der Waals surface area contributed by atoms with Crippen LogP contribution in [-0.4, -0.2) is 5.54 Å². The smallest absolute Gasteiger partial charge is 0.0185 e. The molecule has 0 bridgehead atoms. The maximum atomic E-state index is 6.80. The van der Waals surface area contributed by atoms with Gasteiger partial charge in [-0.05, 0) is 37.2 Å². The van der Waals surface area contributed by atoms with Crippen LogP contribution in [0.1, 0.15) is 64.9 Å². The Kier molecular flexibility index (Phi) is 9.96. The monoisotopic (exact) mass is 297 g/mol. The summed E-state index contributed by atoms with van der Waals surface area (Å²) in [4.78, 5) is 0. The first-order chi connectivity index (χ1) is 9.16. The zero-order valence-corrected chi connectivity index (χ0v) is 14.2. The van der Waals surface area contributed by atoms with Gasteiger partial charge in [-0.25, -0.2) is 0 Å². The molecule has 1 rings (SSSR count). The second-order valence-electron chi connectivity index (χ2n) is 5.91. The van der Waals surface area contributed by atoms with E-state index in [4.69, 9.17) is 5.73 Å². The molecule has 0 radical (unpaired) electrons. The van der Waals surface area contributed by atoms with Gasteiger partial charge in [0.1, 0.15) is 0 Å². The fraction of sp³-hybridized carbons (Fsp3) is 0.667. The molecule has 20 heavy (non-hydrogen) atoms. The number of halogens is 1. The summed E-state index contributed by atoms with van der Waals surface area (Å²) in [7, 11) is 0. The quantitative estimate of drug-likeness (QED) is 0.652. The summed E-state index contributed by atoms with van der Waals surface area (Å²) in [5.74, 6) is 0.611. The van der Waals surface area contributed by atoms with Gasteiger partial charge in [0.05, 0.1) is 0 Å². The molecule has 1 atom stereocenters. The van der Waals surface area contributed by atoms with E-state index in [1.807, 2.05) is 0 Å². The Bertz CT molecular complexity index is 331. The third-order valence-corrected chi connectivity index (χ3v) is 4.21. The normalized spacial score (nSPS) is 12.8. The number of rotatable bonds is 9. The standard InChI is InChI=1S/C18H31N.ClH/c1-4-10-17(15-16-11-8-7-9-12-16)18(19,13-5-2)14-6-3;/h7-9,11-12,17H,4-6,10,13-15,19H2,1-3H3;1H. The molecule has 0 heterocycles. The molecule has 1 aromatic rings. The fourth-order valence-corrected chi connectivity index (χ4v) is 3.30. The molecule has 0 fully saturated rings. The van der Waals surface area contributed by atoms with Gasteiger partial charge in [-0.15, -0.1) is 12.4 Å². The van der Waals surface area contributed by atoms with Crippen LogP contribution >= 0.6 is 12.4 Å². The average Bonchev–Trinajstić information content (AvgIpc) is 2.40. The minimum absolute atomic E-state index is 0. The highest BCUT2D eigenvalue weighted by Crippen LogP contribution is 2.32. The molecule has 1 aromatic carbocycles. The van der Waals surface area contributed by atoms with Crippen molar-refractivity contribution in [1.29, 1.82) is 0 Å². The van der Waals surface area contributed by atoms with Gasteiger partial charge in [-0.2, -0.15) is 0 Å². The van der Waals surface area contributed by atoms with Gasteiger partial charge >= 0.3 is 0 Å². The van der Waals surface area contributed by atoms with Crippen molar-refractivity contribution in [2.45, 2.75) is 71.3 Å². The van der Waals surface area contributed by atoms with E-state index in [0.717, 1.165) is 19.3 Å². The molecule has 0 saturated heterocycles. The van der Waals surface area contributed by atoms with Crippen LogP contribution in [0.25, 0.3) is 0 Å². The summed E-state index contributed by atoms with van der Waals surface area (Å²) >= 11 is 0. The summed E-state index contributed by atoms with van der Waals surface area (Å²) in [5.41, 5.74) is 8.25. The van der Waals surface area contributed by atoms with E-state index in [9.17, 15) is 0 Å². The second-order valence-corrected chi connectivity index (χ2v) is 5.91. The van der Waals surface area contributed by atoms with Gasteiger partial charge in [0.2, 0.25) is 0 Å². The number of hydrogen-bond acceptors (Lipinski definition) is 1. The van der Waals surface area contributed by atoms with Gasteiger partial charge < -0.3 is 5.73 Å². The molecule has 0 amide bonds. The van der Waals surface area contributed by atoms with Crippen molar-refractivity contribution in [3.8, 4) is 0 Å². The van der Waals surface area contributed by atoms with Gasteiger partial charge in [-0.3, -0.25) is 0 Å². The van der Waals surface area contributed by atoms with E-state index in [-0.39, 0.29) is 17.9 Å². The Morgan fingerprint density at radius 3 is 1.95 bits per heavy atom. The molecule has 0 aliphatic rings. The van der Waals surface area contributed by atoms with Gasteiger partial charge in [0.25, 0.3) is 0 Å². The van der Waals surface area contributed by atoms with Crippen molar-refractivity contribution in [3.63, 3.8) is 0 Å². The van der Waals surface area contributed by atoms with Crippen molar-refractivity contribution in [2.75, 3.05) is 0 Å². The summed E-state index contributed by atoms with van der Waals surface area (Å²) in [6.45, 7) is 6.78. The molecule has 2 N–H and O–H groups in total. The van der Waals surface area contributed by atoms with E-state index in [2.05, 4.69) is 51.1 Å². The Morgan fingerprint density at radius 1 is 0.950 bits per heavy atom. The van der Waals surface area contributed by atoms with Crippen LogP contribution in [0.3, 0.4) is 0 Å². The van der Waals surface area contributed by atoms with Crippen LogP contribution in [0.2, 0.25) is 0 Å². The fourth-order valence-electron chi connectivity index (χ4n) is 3.30. The molecular weight excluding hydrogens is 266 g/mol. The molecule has 1 unspecified atom stereocenters. The zero-order valence-electron chi connectivity index (χ0n) is 13.4. The molecule has 0 saturated carbocycles. The van der Waals surface area contributed by atoms with Crippen molar-refractivity contribution in [1.82, 2.24) is 0 Å². The average molecular weight is 298 g/mol. The lowest BCUT2D eigenvalue weighted by molar-refractivity contribution is 0.215. The van der Waals surface area contributed by atoms with Gasteiger partial charge in [0, 0.05) is 5.54 Å². The molecule has 0 aliphatic carbocycles. The largest absolute Gasteiger partial charge is 0.325 e. The minimum Gasteiger partial charge on any atom is -0.325 e. The highest BCUT2D eigenvalue weighted by molar-refractivity contribution is 5.85. The zero-order chi connectivity index (χ0) is 14.1. The Morgan fingerprint density at radius 2 is 1.50 bits per heavy atom. The van der Waals surface area contributed by atoms with E-state index < -0.39 is 0 Å². The molecule has 0 aromatic heterocycles. The predicted molar refractivity (Wildman–Crippen MR) is 92.5 cm³/mol. The van der Waals surface area contributed by atoms with Crippen molar-refractivity contribution >= 4 is 12.4 Å². The lowest BCUT2D eigenvalue weighted by atomic mass is 9.73. The lowest BCUT2D eigenvalue weighted by Crippen LogP contribution is -2.48. The van der Waals surface area contributed by atoms with Gasteiger partial charge in [-0.1, -0.05) is 70.4 Å².